The molecule has 0 bridgehead atoms. The van der Waals surface area contributed by atoms with Crippen molar-refractivity contribution in [1.82, 2.24) is 4.98 Å². The quantitative estimate of drug-likeness (QED) is 0.490. The second-order valence-electron chi connectivity index (χ2n) is 6.12. The van der Waals surface area contributed by atoms with E-state index in [2.05, 4.69) is 21.9 Å². The van der Waals surface area contributed by atoms with Crippen LogP contribution in [0.4, 0.5) is 10.8 Å². The fourth-order valence-corrected chi connectivity index (χ4v) is 4.26. The van der Waals surface area contributed by atoms with Crippen molar-refractivity contribution in [2.24, 2.45) is 0 Å². The number of carbonyl (C=O) groups excluding carboxylic acids is 1. The number of sulfonamides is 1. The molecule has 0 fully saturated rings. The minimum Gasteiger partial charge on any atom is -0.493 e. The molecule has 0 saturated heterocycles. The van der Waals surface area contributed by atoms with Gasteiger partial charge in [0.25, 0.3) is 15.9 Å². The van der Waals surface area contributed by atoms with Gasteiger partial charge in [-0.2, -0.15) is 0 Å². The normalized spacial score (nSPS) is 11.1. The van der Waals surface area contributed by atoms with Gasteiger partial charge in [0.15, 0.2) is 5.13 Å². The molecule has 0 spiro atoms. The van der Waals surface area contributed by atoms with Crippen molar-refractivity contribution in [3.63, 3.8) is 0 Å². The third-order valence-electron chi connectivity index (χ3n) is 3.96. The van der Waals surface area contributed by atoms with E-state index in [1.807, 2.05) is 6.07 Å². The molecule has 0 saturated carbocycles. The summed E-state index contributed by atoms with van der Waals surface area (Å²) in [6.45, 7) is 2.61. The second-order valence-corrected chi connectivity index (χ2v) is 8.70. The fourth-order valence-electron chi connectivity index (χ4n) is 2.47. The Morgan fingerprint density at radius 3 is 2.59 bits per heavy atom. The Hall–Kier alpha value is -2.91. The van der Waals surface area contributed by atoms with E-state index in [0.717, 1.165) is 12.8 Å². The first-order valence-electron chi connectivity index (χ1n) is 9.05. The van der Waals surface area contributed by atoms with Crippen LogP contribution in [-0.2, 0) is 10.0 Å². The monoisotopic (exact) mass is 431 g/mol. The van der Waals surface area contributed by atoms with Crippen LogP contribution in [0, 0.1) is 0 Å². The number of ether oxygens (including phenoxy) is 1. The van der Waals surface area contributed by atoms with Crippen LogP contribution >= 0.6 is 11.3 Å². The van der Waals surface area contributed by atoms with Gasteiger partial charge in [-0.3, -0.25) is 9.52 Å². The van der Waals surface area contributed by atoms with Crippen molar-refractivity contribution in [1.29, 1.82) is 0 Å². The molecular weight excluding hydrogens is 410 g/mol. The molecule has 1 heterocycles. The highest BCUT2D eigenvalue weighted by Gasteiger charge is 2.16. The van der Waals surface area contributed by atoms with Crippen LogP contribution in [0.3, 0.4) is 0 Å². The van der Waals surface area contributed by atoms with Crippen molar-refractivity contribution in [2.45, 2.75) is 24.7 Å². The first-order valence-corrected chi connectivity index (χ1v) is 11.4. The molecule has 2 N–H and O–H groups in total. The molecule has 3 aromatic rings. The Kier molecular flexibility index (Phi) is 6.84. The number of amides is 1. The third kappa shape index (κ3) is 5.55. The number of carbonyl (C=O) groups is 1. The molecule has 3 rings (SSSR count). The summed E-state index contributed by atoms with van der Waals surface area (Å²) in [6.07, 6.45) is 3.42. The lowest BCUT2D eigenvalue weighted by atomic mass is 10.2. The molecule has 29 heavy (non-hydrogen) atoms. The Morgan fingerprint density at radius 1 is 1.14 bits per heavy atom. The molecular formula is C20H21N3O4S2. The van der Waals surface area contributed by atoms with Crippen LogP contribution in [0.1, 0.15) is 30.1 Å². The van der Waals surface area contributed by atoms with Crippen LogP contribution in [0.15, 0.2) is 65.0 Å². The maximum atomic E-state index is 12.6. The van der Waals surface area contributed by atoms with Crippen LogP contribution in [-0.4, -0.2) is 25.9 Å². The van der Waals surface area contributed by atoms with Gasteiger partial charge >= 0.3 is 0 Å². The number of para-hydroxylation sites is 1. The molecule has 0 unspecified atom stereocenters. The SMILES string of the molecule is CCCCOc1ccccc1C(=O)Nc1ccc(S(=O)(=O)Nc2nccs2)cc1. The largest absolute Gasteiger partial charge is 0.493 e. The summed E-state index contributed by atoms with van der Waals surface area (Å²) in [5.74, 6) is 0.193. The van der Waals surface area contributed by atoms with Gasteiger partial charge in [-0.05, 0) is 42.8 Å². The molecule has 0 radical (unpaired) electrons. The van der Waals surface area contributed by atoms with E-state index in [-0.39, 0.29) is 10.8 Å². The standard InChI is InChI=1S/C20H21N3O4S2/c1-2-3-13-27-18-7-5-4-6-17(18)19(24)22-15-8-10-16(11-9-15)29(25,26)23-20-21-12-14-28-20/h4-12,14H,2-3,13H2,1H3,(H,21,23)(H,22,24). The maximum Gasteiger partial charge on any atom is 0.263 e. The number of hydrogen-bond acceptors (Lipinski definition) is 6. The summed E-state index contributed by atoms with van der Waals surface area (Å²) in [5, 5.41) is 4.74. The lowest BCUT2D eigenvalue weighted by Crippen LogP contribution is -2.15. The van der Waals surface area contributed by atoms with E-state index in [9.17, 15) is 13.2 Å². The number of nitrogens with zero attached hydrogens (tertiary/aromatic N) is 1. The third-order valence-corrected chi connectivity index (χ3v) is 6.14. The zero-order valence-corrected chi connectivity index (χ0v) is 17.4. The van der Waals surface area contributed by atoms with Crippen LogP contribution in [0.25, 0.3) is 0 Å². The number of unbranched alkanes of at least 4 members (excludes halogenated alkanes) is 1. The Morgan fingerprint density at radius 2 is 1.90 bits per heavy atom. The maximum absolute atomic E-state index is 12.6. The minimum atomic E-state index is -3.73. The summed E-state index contributed by atoms with van der Waals surface area (Å²) in [7, 11) is -3.73. The highest BCUT2D eigenvalue weighted by atomic mass is 32.2. The predicted octanol–water partition coefficient (Wildman–Crippen LogP) is 4.38. The Labute approximate surface area is 173 Å². The predicted molar refractivity (Wildman–Crippen MR) is 114 cm³/mol. The van der Waals surface area contributed by atoms with E-state index in [0.29, 0.717) is 28.7 Å². The van der Waals surface area contributed by atoms with Crippen molar-refractivity contribution in [3.05, 3.63) is 65.7 Å². The van der Waals surface area contributed by atoms with Crippen LogP contribution in [0.5, 0.6) is 5.75 Å². The Balaban J connectivity index is 1.69. The van der Waals surface area contributed by atoms with E-state index in [1.54, 1.807) is 23.6 Å². The molecule has 0 aliphatic rings. The molecule has 0 aliphatic carbocycles. The Bertz CT molecular complexity index is 1050. The zero-order valence-electron chi connectivity index (χ0n) is 15.8. The average Bonchev–Trinajstić information content (AvgIpc) is 3.21. The first-order chi connectivity index (χ1) is 14.0. The van der Waals surface area contributed by atoms with E-state index >= 15 is 0 Å². The van der Waals surface area contributed by atoms with E-state index in [4.69, 9.17) is 4.74 Å². The fraction of sp³-hybridized carbons (Fsp3) is 0.200. The molecule has 0 aliphatic heterocycles. The molecule has 1 aromatic heterocycles. The summed E-state index contributed by atoms with van der Waals surface area (Å²) in [5.41, 5.74) is 0.900. The lowest BCUT2D eigenvalue weighted by molar-refractivity contribution is 0.102. The average molecular weight is 432 g/mol. The number of benzene rings is 2. The lowest BCUT2D eigenvalue weighted by Gasteiger charge is -2.12. The summed E-state index contributed by atoms with van der Waals surface area (Å²) in [4.78, 5) is 16.6. The molecule has 2 aromatic carbocycles. The van der Waals surface area contributed by atoms with Crippen molar-refractivity contribution >= 4 is 38.1 Å². The van der Waals surface area contributed by atoms with Gasteiger partial charge in [0.05, 0.1) is 17.1 Å². The summed E-state index contributed by atoms with van der Waals surface area (Å²) >= 11 is 1.19. The topological polar surface area (TPSA) is 97.4 Å². The summed E-state index contributed by atoms with van der Waals surface area (Å²) < 4.78 is 32.9. The van der Waals surface area contributed by atoms with Gasteiger partial charge in [0, 0.05) is 17.3 Å². The summed E-state index contributed by atoms with van der Waals surface area (Å²) in [6, 6.07) is 12.9. The van der Waals surface area contributed by atoms with Crippen LogP contribution < -0.4 is 14.8 Å². The van der Waals surface area contributed by atoms with Gasteiger partial charge in [-0.25, -0.2) is 13.4 Å². The van der Waals surface area contributed by atoms with E-state index in [1.165, 1.54) is 41.8 Å². The number of hydrogen-bond donors (Lipinski definition) is 2. The van der Waals surface area contributed by atoms with Gasteiger partial charge < -0.3 is 10.1 Å². The van der Waals surface area contributed by atoms with Crippen molar-refractivity contribution in [2.75, 3.05) is 16.6 Å². The molecule has 0 atom stereocenters. The van der Waals surface area contributed by atoms with Crippen molar-refractivity contribution < 1.29 is 17.9 Å². The van der Waals surface area contributed by atoms with Crippen molar-refractivity contribution in [3.8, 4) is 5.75 Å². The molecule has 7 nitrogen and oxygen atoms in total. The number of nitrogens with one attached hydrogen (secondary N) is 2. The van der Waals surface area contributed by atoms with Crippen LogP contribution in [0.2, 0.25) is 0 Å². The van der Waals surface area contributed by atoms with Gasteiger partial charge in [-0.15, -0.1) is 11.3 Å². The molecule has 152 valence electrons. The smallest absolute Gasteiger partial charge is 0.263 e. The van der Waals surface area contributed by atoms with Gasteiger partial charge in [-0.1, -0.05) is 25.5 Å². The van der Waals surface area contributed by atoms with E-state index < -0.39 is 10.0 Å². The number of thiazole rings is 1. The van der Waals surface area contributed by atoms with Gasteiger partial charge in [0.1, 0.15) is 5.75 Å². The highest BCUT2D eigenvalue weighted by molar-refractivity contribution is 7.93. The second kappa shape index (κ2) is 9.53. The van der Waals surface area contributed by atoms with Gasteiger partial charge in [0.2, 0.25) is 0 Å². The first kappa shape index (κ1) is 20.8. The highest BCUT2D eigenvalue weighted by Crippen LogP contribution is 2.22. The molecule has 1 amide bonds. The minimum absolute atomic E-state index is 0.0778. The molecule has 9 heteroatoms. The number of anilines is 2. The zero-order chi connectivity index (χ0) is 20.7. The number of aromatic nitrogens is 1. The number of rotatable bonds is 9.